The van der Waals surface area contributed by atoms with Gasteiger partial charge in [-0.25, -0.2) is 9.97 Å². The molecule has 0 saturated carbocycles. The zero-order valence-corrected chi connectivity index (χ0v) is 15.1. The molecule has 2 aromatic carbocycles. The Hall–Kier alpha value is -4.00. The zero-order chi connectivity index (χ0) is 19.7. The first-order valence-electron chi connectivity index (χ1n) is 8.64. The summed E-state index contributed by atoms with van der Waals surface area (Å²) in [6, 6.07) is 18.5. The number of imidazole rings is 1. The van der Waals surface area contributed by atoms with Crippen molar-refractivity contribution in [3.63, 3.8) is 0 Å². The average molecular weight is 371 g/mol. The van der Waals surface area contributed by atoms with Gasteiger partial charge >= 0.3 is 0 Å². The molecule has 0 aliphatic carbocycles. The molecule has 2 heterocycles. The number of nitrogens with two attached hydrogens (primary N) is 1. The van der Waals surface area contributed by atoms with Gasteiger partial charge < -0.3 is 11.1 Å². The fourth-order valence-electron chi connectivity index (χ4n) is 2.91. The van der Waals surface area contributed by atoms with Crippen LogP contribution in [-0.2, 0) is 0 Å². The number of benzene rings is 2. The third kappa shape index (κ3) is 3.21. The minimum atomic E-state index is -0.704. The Morgan fingerprint density at radius 1 is 1.04 bits per heavy atom. The van der Waals surface area contributed by atoms with E-state index < -0.39 is 5.91 Å². The molecule has 0 atom stereocenters. The molecule has 0 aliphatic heterocycles. The summed E-state index contributed by atoms with van der Waals surface area (Å²) < 4.78 is 1.47. The molecule has 0 unspecified atom stereocenters. The van der Waals surface area contributed by atoms with Crippen LogP contribution in [-0.4, -0.2) is 26.2 Å². The fourth-order valence-corrected chi connectivity index (χ4v) is 2.91. The topological polar surface area (TPSA) is 102 Å². The molecule has 7 nitrogen and oxygen atoms in total. The number of fused-ring (bicyclic) bond motifs is 1. The van der Waals surface area contributed by atoms with Crippen molar-refractivity contribution in [1.29, 1.82) is 0 Å². The molecule has 2 aromatic heterocycles. The number of carbonyl (C=O) groups is 2. The van der Waals surface area contributed by atoms with E-state index in [-0.39, 0.29) is 17.2 Å². The van der Waals surface area contributed by atoms with Crippen molar-refractivity contribution in [1.82, 2.24) is 14.4 Å². The van der Waals surface area contributed by atoms with E-state index in [1.807, 2.05) is 61.5 Å². The van der Waals surface area contributed by atoms with Gasteiger partial charge in [0.15, 0.2) is 11.3 Å². The molecule has 0 aliphatic rings. The van der Waals surface area contributed by atoms with E-state index in [2.05, 4.69) is 15.3 Å². The maximum Gasteiger partial charge on any atom is 0.272 e. The maximum absolute atomic E-state index is 13.0. The summed E-state index contributed by atoms with van der Waals surface area (Å²) in [5.41, 5.74) is 9.09. The number of aryl methyl sites for hydroxylation is 1. The van der Waals surface area contributed by atoms with Crippen LogP contribution in [0.4, 0.5) is 5.69 Å². The Kier molecular flexibility index (Phi) is 4.33. The minimum absolute atomic E-state index is 0.0159. The molecule has 138 valence electrons. The first kappa shape index (κ1) is 17.4. The average Bonchev–Trinajstić information content (AvgIpc) is 3.14. The van der Waals surface area contributed by atoms with Crippen molar-refractivity contribution in [2.45, 2.75) is 6.92 Å². The molecule has 4 aromatic rings. The summed E-state index contributed by atoms with van der Waals surface area (Å²) >= 11 is 0. The molecule has 7 heteroatoms. The second-order valence-electron chi connectivity index (χ2n) is 6.36. The van der Waals surface area contributed by atoms with Crippen LogP contribution >= 0.6 is 0 Å². The minimum Gasteiger partial charge on any atom is -0.364 e. The summed E-state index contributed by atoms with van der Waals surface area (Å²) in [5, 5.41) is 2.86. The number of hydrogen-bond acceptors (Lipinski definition) is 4. The summed E-state index contributed by atoms with van der Waals surface area (Å²) in [7, 11) is 0. The van der Waals surface area contributed by atoms with Gasteiger partial charge in [0.05, 0.1) is 5.69 Å². The highest BCUT2D eigenvalue weighted by molar-refractivity contribution is 6.05. The summed E-state index contributed by atoms with van der Waals surface area (Å²) in [6.45, 7) is 1.97. The Morgan fingerprint density at radius 2 is 1.75 bits per heavy atom. The van der Waals surface area contributed by atoms with Crippen molar-refractivity contribution < 1.29 is 9.59 Å². The highest BCUT2D eigenvalue weighted by Crippen LogP contribution is 2.22. The largest absolute Gasteiger partial charge is 0.364 e. The fraction of sp³-hybridized carbons (Fsp3) is 0.0476. The predicted octanol–water partition coefficient (Wildman–Crippen LogP) is 3.06. The van der Waals surface area contributed by atoms with Gasteiger partial charge in [0.1, 0.15) is 12.0 Å². The second-order valence-corrected chi connectivity index (χ2v) is 6.36. The predicted molar refractivity (Wildman–Crippen MR) is 106 cm³/mol. The van der Waals surface area contributed by atoms with Crippen molar-refractivity contribution in [3.05, 3.63) is 83.9 Å². The van der Waals surface area contributed by atoms with Crippen LogP contribution in [0, 0.1) is 6.92 Å². The normalized spacial score (nSPS) is 10.8. The Labute approximate surface area is 160 Å². The number of amides is 2. The van der Waals surface area contributed by atoms with Gasteiger partial charge in [-0.2, -0.15) is 0 Å². The summed E-state index contributed by atoms with van der Waals surface area (Å²) in [6.07, 6.45) is 1.38. The van der Waals surface area contributed by atoms with E-state index >= 15 is 0 Å². The lowest BCUT2D eigenvalue weighted by atomic mass is 10.1. The van der Waals surface area contributed by atoms with E-state index in [0.29, 0.717) is 17.1 Å². The lowest BCUT2D eigenvalue weighted by Gasteiger charge is -2.10. The number of anilines is 1. The molecule has 0 bridgehead atoms. The Morgan fingerprint density at radius 3 is 2.43 bits per heavy atom. The number of primary amides is 1. The monoisotopic (exact) mass is 371 g/mol. The van der Waals surface area contributed by atoms with Gasteiger partial charge in [0.25, 0.3) is 11.8 Å². The van der Waals surface area contributed by atoms with Crippen molar-refractivity contribution in [2.24, 2.45) is 5.73 Å². The lowest BCUT2D eigenvalue weighted by molar-refractivity contribution is 0.0993. The Balaban J connectivity index is 1.85. The molecule has 0 spiro atoms. The van der Waals surface area contributed by atoms with Gasteiger partial charge in [0, 0.05) is 11.3 Å². The molecule has 0 fully saturated rings. The van der Waals surface area contributed by atoms with E-state index in [1.165, 1.54) is 10.7 Å². The van der Waals surface area contributed by atoms with E-state index in [4.69, 9.17) is 5.73 Å². The smallest absolute Gasteiger partial charge is 0.272 e. The van der Waals surface area contributed by atoms with Gasteiger partial charge in [-0.15, -0.1) is 0 Å². The molecule has 4 rings (SSSR count). The third-order valence-electron chi connectivity index (χ3n) is 4.35. The van der Waals surface area contributed by atoms with Gasteiger partial charge in [-0.3, -0.25) is 14.0 Å². The Bertz CT molecular complexity index is 1180. The van der Waals surface area contributed by atoms with Crippen molar-refractivity contribution in [3.8, 4) is 11.3 Å². The first-order valence-corrected chi connectivity index (χ1v) is 8.64. The number of carbonyl (C=O) groups excluding carboxylic acids is 2. The third-order valence-corrected chi connectivity index (χ3v) is 4.35. The standard InChI is InChI=1S/C21H17N5O2/c1-13-7-9-15(10-8-13)24-21(28)17-11-16(14-5-3-2-4-6-14)25-20-18(19(22)27)23-12-26(17)20/h2-12H,1H3,(H2,22,27)(H,24,28). The van der Waals surface area contributed by atoms with Crippen LogP contribution in [0.25, 0.3) is 16.9 Å². The van der Waals surface area contributed by atoms with Crippen molar-refractivity contribution in [2.75, 3.05) is 5.32 Å². The van der Waals surface area contributed by atoms with E-state index in [9.17, 15) is 9.59 Å². The number of rotatable bonds is 4. The van der Waals surface area contributed by atoms with Crippen LogP contribution in [0.1, 0.15) is 26.5 Å². The molecular formula is C21H17N5O2. The maximum atomic E-state index is 13.0. The number of nitrogens with one attached hydrogen (secondary N) is 1. The van der Waals surface area contributed by atoms with Gasteiger partial charge in [-0.1, -0.05) is 48.0 Å². The molecular weight excluding hydrogens is 354 g/mol. The SMILES string of the molecule is Cc1ccc(NC(=O)c2cc(-c3ccccc3)nc3c(C(N)=O)ncn23)cc1. The first-order chi connectivity index (χ1) is 13.5. The van der Waals surface area contributed by atoms with Crippen LogP contribution in [0.3, 0.4) is 0 Å². The molecule has 0 radical (unpaired) electrons. The number of nitrogens with zero attached hydrogens (tertiary/aromatic N) is 3. The molecule has 28 heavy (non-hydrogen) atoms. The van der Waals surface area contributed by atoms with E-state index in [0.717, 1.165) is 11.1 Å². The molecule has 0 saturated heterocycles. The van der Waals surface area contributed by atoms with Crippen molar-refractivity contribution >= 4 is 23.1 Å². The van der Waals surface area contributed by atoms with Crippen LogP contribution in [0.5, 0.6) is 0 Å². The van der Waals surface area contributed by atoms with Crippen LogP contribution in [0.15, 0.2) is 67.0 Å². The molecule has 2 amide bonds. The quantitative estimate of drug-likeness (QED) is 0.575. The number of aromatic nitrogens is 3. The zero-order valence-electron chi connectivity index (χ0n) is 15.1. The van der Waals surface area contributed by atoms with Gasteiger partial charge in [0.2, 0.25) is 0 Å². The highest BCUT2D eigenvalue weighted by atomic mass is 16.2. The lowest BCUT2D eigenvalue weighted by Crippen LogP contribution is -2.17. The highest BCUT2D eigenvalue weighted by Gasteiger charge is 2.19. The molecule has 3 N–H and O–H groups in total. The van der Waals surface area contributed by atoms with Gasteiger partial charge in [-0.05, 0) is 25.1 Å². The summed E-state index contributed by atoms with van der Waals surface area (Å²) in [5.74, 6) is -1.05. The van der Waals surface area contributed by atoms with E-state index in [1.54, 1.807) is 6.07 Å². The summed E-state index contributed by atoms with van der Waals surface area (Å²) in [4.78, 5) is 33.3. The van der Waals surface area contributed by atoms with Crippen LogP contribution < -0.4 is 11.1 Å². The second kappa shape index (κ2) is 6.96. The van der Waals surface area contributed by atoms with Crippen LogP contribution in [0.2, 0.25) is 0 Å². The number of hydrogen-bond donors (Lipinski definition) is 2.